The van der Waals surface area contributed by atoms with Crippen molar-refractivity contribution in [3.63, 3.8) is 0 Å². The normalized spacial score (nSPS) is 10.9. The smallest absolute Gasteiger partial charge is 0.161 e. The van der Waals surface area contributed by atoms with Crippen molar-refractivity contribution < 1.29 is 18.6 Å². The summed E-state index contributed by atoms with van der Waals surface area (Å²) in [7, 11) is 3.12. The van der Waals surface area contributed by atoms with Crippen molar-refractivity contribution in [1.82, 2.24) is 0 Å². The van der Waals surface area contributed by atoms with Crippen LogP contribution in [0, 0.1) is 17.1 Å². The molecule has 0 aromatic heterocycles. The van der Waals surface area contributed by atoms with Crippen molar-refractivity contribution in [3.05, 3.63) is 89.2 Å². The number of benzene rings is 3. The zero-order chi connectivity index (χ0) is 20.6. The summed E-state index contributed by atoms with van der Waals surface area (Å²) >= 11 is 0. The monoisotopic (exact) mass is 389 g/mol. The largest absolute Gasteiger partial charge is 0.493 e. The molecule has 3 aromatic rings. The van der Waals surface area contributed by atoms with E-state index in [0.29, 0.717) is 22.8 Å². The Morgan fingerprint density at radius 1 is 0.966 bits per heavy atom. The molecule has 0 bridgehead atoms. The second kappa shape index (κ2) is 9.43. The highest BCUT2D eigenvalue weighted by Crippen LogP contribution is 2.31. The summed E-state index contributed by atoms with van der Waals surface area (Å²) in [4.78, 5) is 0. The molecule has 4 nitrogen and oxygen atoms in total. The molecule has 0 aliphatic heterocycles. The quantitative estimate of drug-likeness (QED) is 0.396. The van der Waals surface area contributed by atoms with E-state index >= 15 is 0 Å². The first-order valence-electron chi connectivity index (χ1n) is 8.94. The van der Waals surface area contributed by atoms with Gasteiger partial charge >= 0.3 is 0 Å². The maximum absolute atomic E-state index is 13.3. The number of nitrogens with zero attached hydrogens (tertiary/aromatic N) is 1. The van der Waals surface area contributed by atoms with Crippen molar-refractivity contribution >= 4 is 11.6 Å². The molecule has 146 valence electrons. The molecular weight excluding hydrogens is 369 g/mol. The zero-order valence-electron chi connectivity index (χ0n) is 16.2. The number of halogens is 1. The van der Waals surface area contributed by atoms with Gasteiger partial charge in [-0.1, -0.05) is 24.3 Å². The molecule has 0 aliphatic carbocycles. The lowest BCUT2D eigenvalue weighted by atomic mass is 10.0. The number of hydrogen-bond donors (Lipinski definition) is 0. The van der Waals surface area contributed by atoms with E-state index in [1.54, 1.807) is 50.6 Å². The molecular formula is C24H20FNO3. The Morgan fingerprint density at radius 3 is 2.48 bits per heavy atom. The Labute approximate surface area is 169 Å². The van der Waals surface area contributed by atoms with Gasteiger partial charge in [-0.15, -0.1) is 0 Å². The van der Waals surface area contributed by atoms with Gasteiger partial charge in [-0.05, 0) is 65.2 Å². The van der Waals surface area contributed by atoms with Crippen LogP contribution in [0.1, 0.15) is 16.7 Å². The van der Waals surface area contributed by atoms with Gasteiger partial charge in [-0.3, -0.25) is 0 Å². The van der Waals surface area contributed by atoms with Gasteiger partial charge in [-0.2, -0.15) is 5.26 Å². The van der Waals surface area contributed by atoms with Crippen LogP contribution in [0.5, 0.6) is 17.2 Å². The van der Waals surface area contributed by atoms with E-state index in [1.165, 1.54) is 12.1 Å². The third kappa shape index (κ3) is 5.14. The minimum Gasteiger partial charge on any atom is -0.493 e. The van der Waals surface area contributed by atoms with Gasteiger partial charge < -0.3 is 14.2 Å². The topological polar surface area (TPSA) is 51.5 Å². The van der Waals surface area contributed by atoms with E-state index in [9.17, 15) is 9.65 Å². The SMILES string of the molecule is COc1ccc(/C(C#N)=C/c2cccc(OCc3cccc(F)c3)c2)cc1OC. The molecule has 0 unspecified atom stereocenters. The van der Waals surface area contributed by atoms with Crippen LogP contribution in [0.2, 0.25) is 0 Å². The molecule has 3 aromatic carbocycles. The van der Waals surface area contributed by atoms with Crippen LogP contribution in [0.3, 0.4) is 0 Å². The molecule has 0 amide bonds. The summed E-state index contributed by atoms with van der Waals surface area (Å²) in [5.74, 6) is 1.49. The van der Waals surface area contributed by atoms with E-state index in [-0.39, 0.29) is 12.4 Å². The van der Waals surface area contributed by atoms with Gasteiger partial charge in [0.25, 0.3) is 0 Å². The van der Waals surface area contributed by atoms with Crippen LogP contribution >= 0.6 is 0 Å². The van der Waals surface area contributed by atoms with Crippen LogP contribution in [-0.2, 0) is 6.61 Å². The first-order chi connectivity index (χ1) is 14.1. The van der Waals surface area contributed by atoms with Crippen molar-refractivity contribution in [3.8, 4) is 23.3 Å². The van der Waals surface area contributed by atoms with Gasteiger partial charge in [-0.25, -0.2) is 4.39 Å². The molecule has 0 atom stereocenters. The predicted octanol–water partition coefficient (Wildman–Crippen LogP) is 5.49. The second-order valence-corrected chi connectivity index (χ2v) is 6.23. The van der Waals surface area contributed by atoms with Gasteiger partial charge in [0.05, 0.1) is 25.9 Å². The van der Waals surface area contributed by atoms with Crippen molar-refractivity contribution in [2.24, 2.45) is 0 Å². The molecule has 0 fully saturated rings. The summed E-state index contributed by atoms with van der Waals surface area (Å²) in [6, 6.07) is 21.2. The van der Waals surface area contributed by atoms with Crippen LogP contribution < -0.4 is 14.2 Å². The number of rotatable bonds is 7. The Kier molecular flexibility index (Phi) is 6.49. The highest BCUT2D eigenvalue weighted by molar-refractivity contribution is 5.90. The van der Waals surface area contributed by atoms with Gasteiger partial charge in [0.2, 0.25) is 0 Å². The van der Waals surface area contributed by atoms with E-state index < -0.39 is 0 Å². The minimum atomic E-state index is -0.295. The molecule has 0 radical (unpaired) electrons. The Hall–Kier alpha value is -3.78. The average molecular weight is 389 g/mol. The lowest BCUT2D eigenvalue weighted by Gasteiger charge is -2.09. The van der Waals surface area contributed by atoms with Crippen molar-refractivity contribution in [2.45, 2.75) is 6.61 Å². The van der Waals surface area contributed by atoms with E-state index in [2.05, 4.69) is 6.07 Å². The van der Waals surface area contributed by atoms with E-state index in [0.717, 1.165) is 16.7 Å². The molecule has 29 heavy (non-hydrogen) atoms. The zero-order valence-corrected chi connectivity index (χ0v) is 16.2. The second-order valence-electron chi connectivity index (χ2n) is 6.23. The average Bonchev–Trinajstić information content (AvgIpc) is 2.76. The number of methoxy groups -OCH3 is 2. The van der Waals surface area contributed by atoms with Crippen molar-refractivity contribution in [2.75, 3.05) is 14.2 Å². The Balaban J connectivity index is 1.81. The highest BCUT2D eigenvalue weighted by atomic mass is 19.1. The fraction of sp³-hybridized carbons (Fsp3) is 0.125. The van der Waals surface area contributed by atoms with E-state index in [4.69, 9.17) is 14.2 Å². The maximum Gasteiger partial charge on any atom is 0.161 e. The minimum absolute atomic E-state index is 0.256. The maximum atomic E-state index is 13.3. The number of nitriles is 1. The summed E-state index contributed by atoms with van der Waals surface area (Å²) in [5.41, 5.74) is 2.76. The summed E-state index contributed by atoms with van der Waals surface area (Å²) in [6.07, 6.45) is 1.77. The number of hydrogen-bond acceptors (Lipinski definition) is 4. The van der Waals surface area contributed by atoms with Crippen LogP contribution in [0.4, 0.5) is 4.39 Å². The third-order valence-electron chi connectivity index (χ3n) is 4.28. The molecule has 0 saturated carbocycles. The van der Waals surface area contributed by atoms with Gasteiger partial charge in [0.15, 0.2) is 11.5 Å². The Bertz CT molecular complexity index is 1070. The lowest BCUT2D eigenvalue weighted by Crippen LogP contribution is -1.96. The highest BCUT2D eigenvalue weighted by Gasteiger charge is 2.08. The molecule has 3 rings (SSSR count). The lowest BCUT2D eigenvalue weighted by molar-refractivity contribution is 0.305. The summed E-state index contributed by atoms with van der Waals surface area (Å²) in [6.45, 7) is 0.256. The molecule has 0 saturated heterocycles. The van der Waals surface area contributed by atoms with Gasteiger partial charge in [0.1, 0.15) is 18.2 Å². The third-order valence-corrected chi connectivity index (χ3v) is 4.28. The van der Waals surface area contributed by atoms with Crippen LogP contribution in [-0.4, -0.2) is 14.2 Å². The predicted molar refractivity (Wildman–Crippen MR) is 110 cm³/mol. The van der Waals surface area contributed by atoms with Crippen LogP contribution in [0.15, 0.2) is 66.7 Å². The standard InChI is InChI=1S/C24H20FNO3/c1-27-23-10-9-19(14-24(23)28-2)20(15-26)11-17-5-4-8-22(13-17)29-16-18-6-3-7-21(25)12-18/h3-14H,16H2,1-2H3/b20-11+. The molecule has 0 aliphatic rings. The molecule has 0 heterocycles. The molecule has 0 N–H and O–H groups in total. The van der Waals surface area contributed by atoms with Crippen LogP contribution in [0.25, 0.3) is 11.6 Å². The molecule has 5 heteroatoms. The van der Waals surface area contributed by atoms with E-state index in [1.807, 2.05) is 24.3 Å². The van der Waals surface area contributed by atoms with Crippen molar-refractivity contribution in [1.29, 1.82) is 5.26 Å². The first-order valence-corrected chi connectivity index (χ1v) is 8.94. The molecule has 0 spiro atoms. The summed E-state index contributed by atoms with van der Waals surface area (Å²) < 4.78 is 29.6. The number of ether oxygens (including phenoxy) is 3. The fourth-order valence-corrected chi connectivity index (χ4v) is 2.84. The van der Waals surface area contributed by atoms with Gasteiger partial charge in [0, 0.05) is 0 Å². The Morgan fingerprint density at radius 2 is 1.76 bits per heavy atom. The number of allylic oxidation sites excluding steroid dienone is 1. The summed E-state index contributed by atoms with van der Waals surface area (Å²) in [5, 5.41) is 9.62. The first kappa shape index (κ1) is 20.0. The fourth-order valence-electron chi connectivity index (χ4n) is 2.84.